The van der Waals surface area contributed by atoms with Crippen LogP contribution in [0.3, 0.4) is 0 Å². The van der Waals surface area contributed by atoms with Gasteiger partial charge in [0.15, 0.2) is 0 Å². The molecule has 2 aromatic carbocycles. The molecular weight excluding hydrogens is 370 g/mol. The first-order valence-electron chi connectivity index (χ1n) is 9.36. The molecule has 1 heterocycles. The van der Waals surface area contributed by atoms with Crippen molar-refractivity contribution in [3.05, 3.63) is 70.6 Å². The Hall–Kier alpha value is -3.61. The number of anilines is 1. The van der Waals surface area contributed by atoms with Gasteiger partial charge in [-0.1, -0.05) is 18.2 Å². The number of nitrogens with zero attached hydrogens (tertiary/aromatic N) is 1. The van der Waals surface area contributed by atoms with Gasteiger partial charge in [-0.25, -0.2) is 0 Å². The lowest BCUT2D eigenvalue weighted by Crippen LogP contribution is -2.37. The van der Waals surface area contributed by atoms with E-state index >= 15 is 0 Å². The van der Waals surface area contributed by atoms with E-state index in [4.69, 9.17) is 4.74 Å². The number of amides is 2. The van der Waals surface area contributed by atoms with Crippen molar-refractivity contribution < 1.29 is 14.3 Å². The van der Waals surface area contributed by atoms with Gasteiger partial charge in [0, 0.05) is 16.8 Å². The predicted molar refractivity (Wildman–Crippen MR) is 112 cm³/mol. The highest BCUT2D eigenvalue weighted by Crippen LogP contribution is 2.15. The van der Waals surface area contributed by atoms with Crippen molar-refractivity contribution in [2.24, 2.45) is 0 Å². The molecule has 1 aromatic heterocycles. The van der Waals surface area contributed by atoms with Gasteiger partial charge in [0.05, 0.1) is 13.2 Å². The summed E-state index contributed by atoms with van der Waals surface area (Å²) in [5.74, 6) is -0.0487. The summed E-state index contributed by atoms with van der Waals surface area (Å²) in [6, 6.07) is 16.1. The summed E-state index contributed by atoms with van der Waals surface area (Å²) in [5.41, 5.74) is 1.06. The Morgan fingerprint density at radius 3 is 2.48 bits per heavy atom. The molecule has 0 aliphatic heterocycles. The van der Waals surface area contributed by atoms with Gasteiger partial charge in [-0.05, 0) is 55.6 Å². The van der Waals surface area contributed by atoms with Crippen molar-refractivity contribution in [3.63, 3.8) is 0 Å². The van der Waals surface area contributed by atoms with Crippen molar-refractivity contribution in [3.8, 4) is 5.75 Å². The highest BCUT2D eigenvalue weighted by Gasteiger charge is 2.11. The number of ether oxygens (including phenoxy) is 1. The number of nitrogens with one attached hydrogen (secondary N) is 2. The quantitative estimate of drug-likeness (QED) is 0.645. The minimum Gasteiger partial charge on any atom is -0.494 e. The van der Waals surface area contributed by atoms with Gasteiger partial charge in [0.2, 0.25) is 11.8 Å². The number of hydrogen-bond donors (Lipinski definition) is 2. The van der Waals surface area contributed by atoms with Crippen LogP contribution >= 0.6 is 0 Å². The van der Waals surface area contributed by atoms with E-state index in [9.17, 15) is 14.4 Å². The molecule has 3 rings (SSSR count). The molecule has 150 valence electrons. The molecule has 2 N–H and O–H groups in total. The summed E-state index contributed by atoms with van der Waals surface area (Å²) in [6.07, 6.45) is 0. The summed E-state index contributed by atoms with van der Waals surface area (Å²) in [7, 11) is 0. The molecule has 0 fully saturated rings. The smallest absolute Gasteiger partial charge is 0.259 e. The van der Waals surface area contributed by atoms with Crippen LogP contribution in [0.4, 0.5) is 5.69 Å². The van der Waals surface area contributed by atoms with Crippen LogP contribution in [0.1, 0.15) is 12.6 Å². The summed E-state index contributed by atoms with van der Waals surface area (Å²) in [5, 5.41) is 6.64. The largest absolute Gasteiger partial charge is 0.494 e. The van der Waals surface area contributed by atoms with Crippen LogP contribution in [0.5, 0.6) is 5.75 Å². The minimum absolute atomic E-state index is 0.147. The zero-order valence-corrected chi connectivity index (χ0v) is 16.4. The lowest BCUT2D eigenvalue weighted by molar-refractivity contribution is -0.124. The first-order valence-corrected chi connectivity index (χ1v) is 9.36. The van der Waals surface area contributed by atoms with Gasteiger partial charge in [-0.3, -0.25) is 14.4 Å². The standard InChI is InChI=1S/C22H23N3O4/c1-3-29-18-10-8-17(9-11-18)24-20(26)13-23-21(27)14-25-15(2)12-16-6-4-5-7-19(16)22(25)28/h4-12H,3,13-14H2,1-2H3,(H,23,27)(H,24,26). The van der Waals surface area contributed by atoms with Crippen LogP contribution in [0.25, 0.3) is 10.8 Å². The Labute approximate surface area is 168 Å². The molecule has 0 radical (unpaired) electrons. The van der Waals surface area contributed by atoms with E-state index in [2.05, 4.69) is 10.6 Å². The van der Waals surface area contributed by atoms with Crippen molar-refractivity contribution in [2.45, 2.75) is 20.4 Å². The Morgan fingerprint density at radius 1 is 1.03 bits per heavy atom. The molecule has 0 aliphatic carbocycles. The molecule has 29 heavy (non-hydrogen) atoms. The van der Waals surface area contributed by atoms with Crippen LogP contribution < -0.4 is 20.9 Å². The second kappa shape index (κ2) is 9.05. The summed E-state index contributed by atoms with van der Waals surface area (Å²) >= 11 is 0. The second-order valence-electron chi connectivity index (χ2n) is 6.55. The molecule has 2 amide bonds. The van der Waals surface area contributed by atoms with Crippen LogP contribution in [-0.2, 0) is 16.1 Å². The molecule has 7 heteroatoms. The molecule has 0 spiro atoms. The maximum Gasteiger partial charge on any atom is 0.259 e. The fraction of sp³-hybridized carbons (Fsp3) is 0.227. The molecular formula is C22H23N3O4. The molecule has 0 atom stereocenters. The number of aryl methyl sites for hydroxylation is 1. The monoisotopic (exact) mass is 393 g/mol. The molecule has 3 aromatic rings. The van der Waals surface area contributed by atoms with Crippen LogP contribution in [0.15, 0.2) is 59.4 Å². The third-order valence-corrected chi connectivity index (χ3v) is 4.42. The maximum absolute atomic E-state index is 12.6. The van der Waals surface area contributed by atoms with Crippen LogP contribution in [0, 0.1) is 6.92 Å². The highest BCUT2D eigenvalue weighted by molar-refractivity contribution is 5.94. The first-order chi connectivity index (χ1) is 14.0. The average molecular weight is 393 g/mol. The third-order valence-electron chi connectivity index (χ3n) is 4.42. The van der Waals surface area contributed by atoms with E-state index in [-0.39, 0.29) is 24.6 Å². The van der Waals surface area contributed by atoms with E-state index < -0.39 is 5.91 Å². The van der Waals surface area contributed by atoms with Gasteiger partial charge < -0.3 is 19.9 Å². The van der Waals surface area contributed by atoms with Gasteiger partial charge in [-0.2, -0.15) is 0 Å². The second-order valence-corrected chi connectivity index (χ2v) is 6.55. The van der Waals surface area contributed by atoms with E-state index in [1.807, 2.05) is 25.1 Å². The van der Waals surface area contributed by atoms with E-state index in [1.54, 1.807) is 43.3 Å². The fourth-order valence-electron chi connectivity index (χ4n) is 3.01. The van der Waals surface area contributed by atoms with Crippen molar-refractivity contribution in [1.29, 1.82) is 0 Å². The molecule has 0 aliphatic rings. The average Bonchev–Trinajstić information content (AvgIpc) is 2.71. The highest BCUT2D eigenvalue weighted by atomic mass is 16.5. The Balaban J connectivity index is 1.58. The molecule has 7 nitrogen and oxygen atoms in total. The number of aromatic nitrogens is 1. The van der Waals surface area contributed by atoms with Gasteiger partial charge in [-0.15, -0.1) is 0 Å². The van der Waals surface area contributed by atoms with Crippen molar-refractivity contribution >= 4 is 28.3 Å². The fourth-order valence-corrected chi connectivity index (χ4v) is 3.01. The number of carbonyl (C=O) groups excluding carboxylic acids is 2. The van der Waals surface area contributed by atoms with Gasteiger partial charge >= 0.3 is 0 Å². The zero-order valence-electron chi connectivity index (χ0n) is 16.4. The molecule has 0 saturated heterocycles. The van der Waals surface area contributed by atoms with E-state index in [1.165, 1.54) is 4.57 Å². The topological polar surface area (TPSA) is 89.4 Å². The van der Waals surface area contributed by atoms with Gasteiger partial charge in [0.25, 0.3) is 5.56 Å². The lowest BCUT2D eigenvalue weighted by Gasteiger charge is -2.12. The third kappa shape index (κ3) is 5.01. The maximum atomic E-state index is 12.6. The SMILES string of the molecule is CCOc1ccc(NC(=O)CNC(=O)Cn2c(C)cc3ccccc3c2=O)cc1. The van der Waals surface area contributed by atoms with E-state index in [0.29, 0.717) is 23.4 Å². The number of fused-ring (bicyclic) bond motifs is 1. The number of carbonyl (C=O) groups is 2. The molecule has 0 saturated carbocycles. The van der Waals surface area contributed by atoms with Crippen LogP contribution in [0.2, 0.25) is 0 Å². The first kappa shape index (κ1) is 20.1. The number of rotatable bonds is 7. The van der Waals surface area contributed by atoms with Crippen molar-refractivity contribution in [1.82, 2.24) is 9.88 Å². The summed E-state index contributed by atoms with van der Waals surface area (Å²) < 4.78 is 6.75. The lowest BCUT2D eigenvalue weighted by atomic mass is 10.1. The number of benzene rings is 2. The predicted octanol–water partition coefficient (Wildman–Crippen LogP) is 2.46. The van der Waals surface area contributed by atoms with E-state index in [0.717, 1.165) is 11.1 Å². The Kier molecular flexibility index (Phi) is 6.29. The number of hydrogen-bond acceptors (Lipinski definition) is 4. The summed E-state index contributed by atoms with van der Waals surface area (Å²) in [6.45, 7) is 3.91. The van der Waals surface area contributed by atoms with Crippen molar-refractivity contribution in [2.75, 3.05) is 18.5 Å². The Bertz CT molecular complexity index is 1090. The molecule has 0 bridgehead atoms. The molecule has 0 unspecified atom stereocenters. The normalized spacial score (nSPS) is 10.6. The Morgan fingerprint density at radius 2 is 1.76 bits per heavy atom. The van der Waals surface area contributed by atoms with Crippen LogP contribution in [-0.4, -0.2) is 29.5 Å². The minimum atomic E-state index is -0.410. The summed E-state index contributed by atoms with van der Waals surface area (Å²) in [4.78, 5) is 37.0. The number of pyridine rings is 1. The zero-order chi connectivity index (χ0) is 20.8. The van der Waals surface area contributed by atoms with Gasteiger partial charge in [0.1, 0.15) is 12.3 Å².